The number of anilines is 1. The smallest absolute Gasteiger partial charge is 0.319 e. The summed E-state index contributed by atoms with van der Waals surface area (Å²) in [6.45, 7) is 9.90. The summed E-state index contributed by atoms with van der Waals surface area (Å²) in [7, 11) is 0. The van der Waals surface area contributed by atoms with Crippen molar-refractivity contribution in [3.63, 3.8) is 0 Å². The normalized spacial score (nSPS) is 10.9. The second-order valence-corrected chi connectivity index (χ2v) is 5.93. The van der Waals surface area contributed by atoms with Gasteiger partial charge in [0, 0.05) is 5.69 Å². The van der Waals surface area contributed by atoms with Crippen LogP contribution in [0.1, 0.15) is 31.9 Å². The van der Waals surface area contributed by atoms with E-state index in [9.17, 15) is 4.79 Å². The number of carbonyl (C=O) groups excluding carboxylic acids is 1. The molecule has 0 fully saturated rings. The van der Waals surface area contributed by atoms with E-state index in [1.807, 2.05) is 69.3 Å². The lowest BCUT2D eigenvalue weighted by Gasteiger charge is -2.27. The monoisotopic (exact) mass is 294 g/mol. The van der Waals surface area contributed by atoms with Gasteiger partial charge in [0.15, 0.2) is 0 Å². The third kappa shape index (κ3) is 3.98. The molecule has 0 bridgehead atoms. The van der Waals surface area contributed by atoms with Gasteiger partial charge in [-0.3, -0.25) is 0 Å². The first kappa shape index (κ1) is 15.8. The number of amides is 2. The Morgan fingerprint density at radius 3 is 2.36 bits per heavy atom. The van der Waals surface area contributed by atoms with Crippen molar-refractivity contribution in [1.29, 1.82) is 0 Å². The van der Waals surface area contributed by atoms with Gasteiger partial charge in [-0.1, -0.05) is 48.6 Å². The Morgan fingerprint density at radius 1 is 1.05 bits per heavy atom. The number of hydrogen-bond donors (Lipinski definition) is 2. The number of urea groups is 1. The minimum Gasteiger partial charge on any atom is -0.329 e. The summed E-state index contributed by atoms with van der Waals surface area (Å²) in [5, 5.41) is 5.85. The molecule has 3 nitrogen and oxygen atoms in total. The number of allylic oxidation sites excluding steroid dienone is 1. The van der Waals surface area contributed by atoms with Crippen molar-refractivity contribution in [2.75, 3.05) is 5.32 Å². The molecule has 0 spiro atoms. The molecular formula is C19H22N2O. The van der Waals surface area contributed by atoms with Crippen molar-refractivity contribution in [2.24, 2.45) is 0 Å². The molecule has 0 saturated heterocycles. The highest BCUT2D eigenvalue weighted by Crippen LogP contribution is 2.23. The second-order valence-electron chi connectivity index (χ2n) is 5.93. The number of carbonyl (C=O) groups is 1. The standard InChI is InChI=1S/C19H22N2O/c1-14(2)15-9-8-10-16(13-15)19(3,4)21-18(22)20-17-11-6-5-7-12-17/h5-13H,1H2,2-4H3,(H2,20,21,22). The van der Waals surface area contributed by atoms with E-state index in [1.54, 1.807) is 0 Å². The van der Waals surface area contributed by atoms with Crippen LogP contribution in [0.3, 0.4) is 0 Å². The molecule has 3 heteroatoms. The van der Waals surface area contributed by atoms with Gasteiger partial charge in [0.2, 0.25) is 0 Å². The molecule has 0 radical (unpaired) electrons. The van der Waals surface area contributed by atoms with E-state index in [4.69, 9.17) is 0 Å². The summed E-state index contributed by atoms with van der Waals surface area (Å²) in [6.07, 6.45) is 0. The van der Waals surface area contributed by atoms with Crippen LogP contribution in [0.25, 0.3) is 5.57 Å². The first-order valence-electron chi connectivity index (χ1n) is 7.29. The van der Waals surface area contributed by atoms with Gasteiger partial charge in [-0.15, -0.1) is 0 Å². The average molecular weight is 294 g/mol. The molecule has 0 aromatic heterocycles. The molecule has 2 aromatic carbocycles. The molecule has 0 saturated carbocycles. The molecular weight excluding hydrogens is 272 g/mol. The maximum Gasteiger partial charge on any atom is 0.319 e. The summed E-state index contributed by atoms with van der Waals surface area (Å²) >= 11 is 0. The number of hydrogen-bond acceptors (Lipinski definition) is 1. The lowest BCUT2D eigenvalue weighted by molar-refractivity contribution is 0.242. The van der Waals surface area contributed by atoms with Crippen molar-refractivity contribution in [3.8, 4) is 0 Å². The van der Waals surface area contributed by atoms with Gasteiger partial charge >= 0.3 is 6.03 Å². The highest BCUT2D eigenvalue weighted by molar-refractivity contribution is 5.89. The topological polar surface area (TPSA) is 41.1 Å². The fraction of sp³-hybridized carbons (Fsp3) is 0.211. The molecule has 114 valence electrons. The zero-order valence-corrected chi connectivity index (χ0v) is 13.3. The number of rotatable bonds is 4. The Kier molecular flexibility index (Phi) is 4.66. The molecule has 22 heavy (non-hydrogen) atoms. The van der Waals surface area contributed by atoms with Gasteiger partial charge in [-0.05, 0) is 50.1 Å². The zero-order valence-electron chi connectivity index (χ0n) is 13.3. The molecule has 0 aliphatic carbocycles. The fourth-order valence-electron chi connectivity index (χ4n) is 2.21. The van der Waals surface area contributed by atoms with Crippen LogP contribution in [0.15, 0.2) is 61.2 Å². The van der Waals surface area contributed by atoms with Crippen molar-refractivity contribution < 1.29 is 4.79 Å². The summed E-state index contributed by atoms with van der Waals surface area (Å²) in [5.41, 5.74) is 3.41. The minimum atomic E-state index is -0.482. The van der Waals surface area contributed by atoms with Crippen LogP contribution in [-0.4, -0.2) is 6.03 Å². The third-order valence-electron chi connectivity index (χ3n) is 3.53. The van der Waals surface area contributed by atoms with Crippen molar-refractivity contribution in [2.45, 2.75) is 26.3 Å². The predicted octanol–water partition coefficient (Wildman–Crippen LogP) is 4.78. The molecule has 2 rings (SSSR count). The van der Waals surface area contributed by atoms with Crippen LogP contribution in [-0.2, 0) is 5.54 Å². The molecule has 0 unspecified atom stereocenters. The maximum atomic E-state index is 12.2. The van der Waals surface area contributed by atoms with Crippen molar-refractivity contribution >= 4 is 17.3 Å². The predicted molar refractivity (Wildman–Crippen MR) is 92.8 cm³/mol. The fourth-order valence-corrected chi connectivity index (χ4v) is 2.21. The lowest BCUT2D eigenvalue weighted by Crippen LogP contribution is -2.43. The van der Waals surface area contributed by atoms with Crippen LogP contribution in [0, 0.1) is 0 Å². The molecule has 2 aromatic rings. The first-order valence-corrected chi connectivity index (χ1v) is 7.29. The Bertz CT molecular complexity index is 675. The van der Waals surface area contributed by atoms with Crippen molar-refractivity contribution in [1.82, 2.24) is 5.32 Å². The summed E-state index contributed by atoms with van der Waals surface area (Å²) < 4.78 is 0. The molecule has 2 N–H and O–H groups in total. The summed E-state index contributed by atoms with van der Waals surface area (Å²) in [4.78, 5) is 12.2. The van der Waals surface area contributed by atoms with E-state index < -0.39 is 5.54 Å². The van der Waals surface area contributed by atoms with Gasteiger partial charge in [-0.25, -0.2) is 4.79 Å². The Balaban J connectivity index is 2.11. The molecule has 0 atom stereocenters. The highest BCUT2D eigenvalue weighted by Gasteiger charge is 2.23. The van der Waals surface area contributed by atoms with E-state index in [-0.39, 0.29) is 6.03 Å². The Morgan fingerprint density at radius 2 is 1.73 bits per heavy atom. The average Bonchev–Trinajstić information content (AvgIpc) is 2.47. The third-order valence-corrected chi connectivity index (χ3v) is 3.53. The zero-order chi connectivity index (χ0) is 16.2. The Hall–Kier alpha value is -2.55. The summed E-state index contributed by atoms with van der Waals surface area (Å²) in [6, 6.07) is 17.2. The highest BCUT2D eigenvalue weighted by atomic mass is 16.2. The number of nitrogens with one attached hydrogen (secondary N) is 2. The SMILES string of the molecule is C=C(C)c1cccc(C(C)(C)NC(=O)Nc2ccccc2)c1. The van der Waals surface area contributed by atoms with Crippen LogP contribution in [0.5, 0.6) is 0 Å². The van der Waals surface area contributed by atoms with E-state index in [2.05, 4.69) is 23.3 Å². The summed E-state index contributed by atoms with van der Waals surface area (Å²) in [5.74, 6) is 0. The number of para-hydroxylation sites is 1. The minimum absolute atomic E-state index is 0.225. The maximum absolute atomic E-state index is 12.2. The molecule has 0 aliphatic rings. The first-order chi connectivity index (χ1) is 10.4. The number of benzene rings is 2. The van der Waals surface area contributed by atoms with Gasteiger partial charge in [0.05, 0.1) is 5.54 Å². The second kappa shape index (κ2) is 6.48. The van der Waals surface area contributed by atoms with Gasteiger partial charge in [0.25, 0.3) is 0 Å². The van der Waals surface area contributed by atoms with Gasteiger partial charge in [-0.2, -0.15) is 0 Å². The van der Waals surface area contributed by atoms with E-state index in [1.165, 1.54) is 0 Å². The van der Waals surface area contributed by atoms with Crippen LogP contribution in [0.4, 0.5) is 10.5 Å². The van der Waals surface area contributed by atoms with Crippen LogP contribution >= 0.6 is 0 Å². The van der Waals surface area contributed by atoms with Crippen LogP contribution in [0.2, 0.25) is 0 Å². The van der Waals surface area contributed by atoms with Gasteiger partial charge < -0.3 is 10.6 Å². The molecule has 2 amide bonds. The van der Waals surface area contributed by atoms with E-state index in [0.717, 1.165) is 22.4 Å². The molecule has 0 aliphatic heterocycles. The van der Waals surface area contributed by atoms with E-state index >= 15 is 0 Å². The van der Waals surface area contributed by atoms with Crippen LogP contribution < -0.4 is 10.6 Å². The van der Waals surface area contributed by atoms with E-state index in [0.29, 0.717) is 0 Å². The lowest BCUT2D eigenvalue weighted by atomic mass is 9.92. The van der Waals surface area contributed by atoms with Gasteiger partial charge in [0.1, 0.15) is 0 Å². The molecule has 0 heterocycles. The van der Waals surface area contributed by atoms with Crippen molar-refractivity contribution in [3.05, 3.63) is 72.3 Å². The Labute approximate surface area is 132 Å². The largest absolute Gasteiger partial charge is 0.329 e. The quantitative estimate of drug-likeness (QED) is 0.837.